The van der Waals surface area contributed by atoms with Crippen molar-refractivity contribution in [2.45, 2.75) is 0 Å². The number of aromatic nitrogens is 2. The predicted molar refractivity (Wildman–Crippen MR) is 72.1 cm³/mol. The van der Waals surface area contributed by atoms with Crippen LogP contribution in [0.2, 0.25) is 5.02 Å². The molecule has 0 amide bonds. The Morgan fingerprint density at radius 2 is 1.72 bits per heavy atom. The molecule has 0 saturated heterocycles. The highest BCUT2D eigenvalue weighted by molar-refractivity contribution is 6.30. The van der Waals surface area contributed by atoms with Crippen molar-refractivity contribution in [3.8, 4) is 11.3 Å². The number of benzene rings is 2. The van der Waals surface area contributed by atoms with Crippen molar-refractivity contribution in [3.05, 3.63) is 64.5 Å². The smallest absolute Gasteiger partial charge is 0.114 e. The van der Waals surface area contributed by atoms with Crippen molar-refractivity contribution >= 4 is 22.5 Å². The molecule has 88 valence electrons. The van der Waals surface area contributed by atoms with Crippen LogP contribution in [0.15, 0.2) is 54.6 Å². The van der Waals surface area contributed by atoms with E-state index in [0.29, 0.717) is 10.5 Å². The summed E-state index contributed by atoms with van der Waals surface area (Å²) in [5.41, 5.74) is 2.31. The fourth-order valence-corrected chi connectivity index (χ4v) is 2.06. The van der Waals surface area contributed by atoms with Crippen molar-refractivity contribution in [1.82, 2.24) is 5.10 Å². The molecule has 4 heteroatoms. The van der Waals surface area contributed by atoms with E-state index in [0.717, 1.165) is 21.2 Å². The summed E-state index contributed by atoms with van der Waals surface area (Å²) < 4.78 is 0.777. The van der Waals surface area contributed by atoms with Crippen LogP contribution in [0.5, 0.6) is 0 Å². The molecule has 0 radical (unpaired) electrons. The van der Waals surface area contributed by atoms with Gasteiger partial charge in [-0.15, -0.1) is 5.10 Å². The first-order valence-corrected chi connectivity index (χ1v) is 5.92. The van der Waals surface area contributed by atoms with Gasteiger partial charge in [0.1, 0.15) is 5.69 Å². The van der Waals surface area contributed by atoms with Crippen molar-refractivity contribution in [2.24, 2.45) is 0 Å². The van der Waals surface area contributed by atoms with E-state index in [1.54, 1.807) is 18.2 Å². The third kappa shape index (κ3) is 1.89. The van der Waals surface area contributed by atoms with Gasteiger partial charge in [-0.2, -0.15) is 0 Å². The molecule has 0 aliphatic heterocycles. The van der Waals surface area contributed by atoms with Crippen LogP contribution in [0.1, 0.15) is 0 Å². The van der Waals surface area contributed by atoms with Crippen molar-refractivity contribution < 1.29 is 4.54 Å². The Hall–Kier alpha value is -2.13. The first-order chi connectivity index (χ1) is 8.74. The molecule has 0 aliphatic carbocycles. The van der Waals surface area contributed by atoms with E-state index in [9.17, 15) is 4.91 Å². The van der Waals surface area contributed by atoms with Gasteiger partial charge in [0.2, 0.25) is 0 Å². The lowest BCUT2D eigenvalue weighted by atomic mass is 10.1. The number of rotatable bonds is 1. The zero-order valence-electron chi connectivity index (χ0n) is 9.43. The van der Waals surface area contributed by atoms with Gasteiger partial charge in [0.15, 0.2) is 4.54 Å². The van der Waals surface area contributed by atoms with Gasteiger partial charge in [-0.25, -0.2) is 0 Å². The third-order valence-corrected chi connectivity index (χ3v) is 3.08. The summed E-state index contributed by atoms with van der Waals surface area (Å²) in [7, 11) is 0. The summed E-state index contributed by atoms with van der Waals surface area (Å²) in [6.07, 6.45) is 0. The van der Waals surface area contributed by atoms with Crippen LogP contribution in [0.3, 0.4) is 0 Å². The van der Waals surface area contributed by atoms with E-state index in [4.69, 9.17) is 11.6 Å². The third-order valence-electron chi connectivity index (χ3n) is 2.83. The molecule has 0 bridgehead atoms. The van der Waals surface area contributed by atoms with Gasteiger partial charge in [-0.05, 0) is 24.3 Å². The molecular formula is C14H10ClN2O+. The maximum absolute atomic E-state index is 11.9. The minimum atomic E-state index is 0.621. The number of H-pyrrole nitrogens is 1. The molecule has 0 spiro atoms. The zero-order valence-corrected chi connectivity index (χ0v) is 10.2. The van der Waals surface area contributed by atoms with Crippen LogP contribution in [0, 0.1) is 4.91 Å². The molecule has 0 fully saturated rings. The topological polar surface area (TPSA) is 38.8 Å². The van der Waals surface area contributed by atoms with Crippen molar-refractivity contribution in [2.75, 3.05) is 0 Å². The monoisotopic (exact) mass is 257 g/mol. The Labute approximate surface area is 108 Å². The van der Waals surface area contributed by atoms with Crippen molar-refractivity contribution in [1.29, 1.82) is 0 Å². The van der Waals surface area contributed by atoms with E-state index in [-0.39, 0.29) is 0 Å². The maximum atomic E-state index is 11.9. The van der Waals surface area contributed by atoms with Gasteiger partial charge in [0, 0.05) is 16.7 Å². The van der Waals surface area contributed by atoms with Gasteiger partial charge in [0.05, 0.1) is 10.3 Å². The highest BCUT2D eigenvalue weighted by atomic mass is 35.5. The second-order valence-corrected chi connectivity index (χ2v) is 4.47. The number of aromatic amines is 1. The predicted octanol–water partition coefficient (Wildman–Crippen LogP) is 3.40. The highest BCUT2D eigenvalue weighted by Crippen LogP contribution is 2.21. The van der Waals surface area contributed by atoms with Crippen LogP contribution in [-0.4, -0.2) is 5.10 Å². The number of halogens is 1. The van der Waals surface area contributed by atoms with Crippen LogP contribution < -0.4 is 4.54 Å². The summed E-state index contributed by atoms with van der Waals surface area (Å²) in [4.78, 5) is 11.9. The van der Waals surface area contributed by atoms with E-state index in [1.807, 2.05) is 36.4 Å². The average molecular weight is 258 g/mol. The van der Waals surface area contributed by atoms with Gasteiger partial charge >= 0.3 is 0 Å². The van der Waals surface area contributed by atoms with Crippen LogP contribution >= 0.6 is 11.6 Å². The Morgan fingerprint density at radius 1 is 1.00 bits per heavy atom. The second-order valence-electron chi connectivity index (χ2n) is 4.03. The number of hydrogen-bond acceptors (Lipinski definition) is 1. The van der Waals surface area contributed by atoms with E-state index in [2.05, 4.69) is 5.10 Å². The quantitative estimate of drug-likeness (QED) is 0.667. The summed E-state index contributed by atoms with van der Waals surface area (Å²) in [6, 6.07) is 16.8. The Bertz CT molecular complexity index is 763. The molecule has 2 aromatic carbocycles. The number of nitrogens with zero attached hydrogens (tertiary/aromatic N) is 1. The van der Waals surface area contributed by atoms with E-state index >= 15 is 0 Å². The summed E-state index contributed by atoms with van der Waals surface area (Å²) in [5, 5.41) is 4.38. The van der Waals surface area contributed by atoms with Crippen molar-refractivity contribution in [3.63, 3.8) is 0 Å². The molecule has 0 aliphatic rings. The lowest BCUT2D eigenvalue weighted by Crippen LogP contribution is -2.20. The molecule has 1 aromatic heterocycles. The summed E-state index contributed by atoms with van der Waals surface area (Å²) in [6.45, 7) is 0. The fourth-order valence-electron chi connectivity index (χ4n) is 1.93. The molecule has 3 nitrogen and oxygen atoms in total. The Kier molecular flexibility index (Phi) is 2.61. The van der Waals surface area contributed by atoms with Gasteiger partial charge < -0.3 is 0 Å². The summed E-state index contributed by atoms with van der Waals surface area (Å²) in [5.74, 6) is 0. The number of fused-ring (bicyclic) bond motifs is 1. The largest absolute Gasteiger partial charge is 0.299 e. The first-order valence-electron chi connectivity index (χ1n) is 5.54. The Morgan fingerprint density at radius 3 is 2.50 bits per heavy atom. The SMILES string of the molecule is O=[n+]1[nH]c(-c2ccc(Cl)cc2)cc2ccccc21. The zero-order chi connectivity index (χ0) is 12.5. The second kappa shape index (κ2) is 4.27. The molecule has 1 N–H and O–H groups in total. The Balaban J connectivity index is 2.24. The highest BCUT2D eigenvalue weighted by Gasteiger charge is 2.09. The number of hydrogen-bond donors (Lipinski definition) is 1. The molecule has 0 atom stereocenters. The lowest BCUT2D eigenvalue weighted by molar-refractivity contribution is -0.534. The van der Waals surface area contributed by atoms with Gasteiger partial charge in [-0.3, -0.25) is 0 Å². The van der Waals surface area contributed by atoms with E-state index < -0.39 is 0 Å². The molecular weight excluding hydrogens is 248 g/mol. The molecule has 0 saturated carbocycles. The molecule has 3 aromatic rings. The fraction of sp³-hybridized carbons (Fsp3) is 0. The average Bonchev–Trinajstić information content (AvgIpc) is 2.39. The number of nitrogens with one attached hydrogen (secondary N) is 1. The standard InChI is InChI=1S/C14H10ClN2O/c15-12-7-5-10(6-8-12)13-9-11-3-1-2-4-14(11)17(18)16-13/h1-9H,(H,16,18)/q+1. The number of para-hydroxylation sites is 1. The minimum absolute atomic E-state index is 0.621. The van der Waals surface area contributed by atoms with Crippen LogP contribution in [0.25, 0.3) is 22.2 Å². The minimum Gasteiger partial charge on any atom is -0.114 e. The molecule has 1 heterocycles. The first kappa shape index (κ1) is 11.0. The molecule has 18 heavy (non-hydrogen) atoms. The molecule has 3 rings (SSSR count). The van der Waals surface area contributed by atoms with Gasteiger partial charge in [-0.1, -0.05) is 35.9 Å². The summed E-state index contributed by atoms with van der Waals surface area (Å²) >= 11 is 5.85. The van der Waals surface area contributed by atoms with E-state index in [1.165, 1.54) is 0 Å². The lowest BCUT2D eigenvalue weighted by Gasteiger charge is -1.99. The normalized spacial score (nSPS) is 10.7. The maximum Gasteiger partial charge on any atom is 0.299 e. The van der Waals surface area contributed by atoms with Crippen LogP contribution in [-0.2, 0) is 0 Å². The van der Waals surface area contributed by atoms with Gasteiger partial charge in [0.25, 0.3) is 5.52 Å². The van der Waals surface area contributed by atoms with Crippen LogP contribution in [0.4, 0.5) is 0 Å². The molecule has 0 unspecified atom stereocenters.